The van der Waals surface area contributed by atoms with Crippen molar-refractivity contribution in [3.05, 3.63) is 64.5 Å². The largest absolute Gasteiger partial charge is 0.493 e. The average Bonchev–Trinajstić information content (AvgIpc) is 3.31. The molecule has 2 heterocycles. The number of oxazole rings is 1. The van der Waals surface area contributed by atoms with Gasteiger partial charge in [-0.1, -0.05) is 24.3 Å². The third kappa shape index (κ3) is 3.66. The molecule has 0 saturated heterocycles. The lowest BCUT2D eigenvalue weighted by molar-refractivity contribution is -0.118. The first-order valence-corrected chi connectivity index (χ1v) is 10.0. The van der Waals surface area contributed by atoms with Crippen molar-refractivity contribution >= 4 is 33.5 Å². The number of para-hydroxylation sites is 3. The predicted molar refractivity (Wildman–Crippen MR) is 113 cm³/mol. The summed E-state index contributed by atoms with van der Waals surface area (Å²) in [7, 11) is 0. The molecule has 2 aromatic heterocycles. The van der Waals surface area contributed by atoms with Crippen LogP contribution in [-0.2, 0) is 4.79 Å². The lowest BCUT2D eigenvalue weighted by Gasteiger charge is -2.11. The zero-order chi connectivity index (χ0) is 20.4. The Kier molecular flexibility index (Phi) is 5.18. The van der Waals surface area contributed by atoms with Crippen molar-refractivity contribution < 1.29 is 13.9 Å². The van der Waals surface area contributed by atoms with Crippen molar-refractivity contribution in [3.63, 3.8) is 0 Å². The highest BCUT2D eigenvalue weighted by Crippen LogP contribution is 2.32. The van der Waals surface area contributed by atoms with Crippen LogP contribution < -0.4 is 15.8 Å². The molecule has 0 radical (unpaired) electrons. The van der Waals surface area contributed by atoms with Gasteiger partial charge in [-0.3, -0.25) is 9.36 Å². The Labute approximate surface area is 170 Å². The van der Waals surface area contributed by atoms with Crippen LogP contribution in [0.2, 0.25) is 0 Å². The van der Waals surface area contributed by atoms with E-state index >= 15 is 0 Å². The van der Waals surface area contributed by atoms with Crippen molar-refractivity contribution in [2.75, 3.05) is 11.9 Å². The third-order valence-electron chi connectivity index (χ3n) is 4.48. The molecule has 7 nitrogen and oxygen atoms in total. The second-order valence-electron chi connectivity index (χ2n) is 6.34. The fraction of sp³-hybridized carbons (Fsp3) is 0.190. The molecule has 4 aromatic rings. The van der Waals surface area contributed by atoms with Gasteiger partial charge in [-0.15, -0.1) is 11.3 Å². The number of benzene rings is 2. The zero-order valence-electron chi connectivity index (χ0n) is 15.9. The van der Waals surface area contributed by atoms with Gasteiger partial charge in [-0.05, 0) is 38.1 Å². The van der Waals surface area contributed by atoms with Gasteiger partial charge in [0.15, 0.2) is 10.7 Å². The summed E-state index contributed by atoms with van der Waals surface area (Å²) in [5.41, 5.74) is 2.59. The van der Waals surface area contributed by atoms with E-state index in [-0.39, 0.29) is 5.91 Å². The summed E-state index contributed by atoms with van der Waals surface area (Å²) in [5, 5.41) is 5.10. The molecule has 8 heteroatoms. The van der Waals surface area contributed by atoms with Gasteiger partial charge < -0.3 is 14.5 Å². The summed E-state index contributed by atoms with van der Waals surface area (Å²) in [6, 6.07) is 13.9. The number of thiazole rings is 1. The van der Waals surface area contributed by atoms with Crippen LogP contribution in [-0.4, -0.2) is 22.1 Å². The molecule has 0 spiro atoms. The van der Waals surface area contributed by atoms with Crippen LogP contribution in [0.4, 0.5) is 5.13 Å². The maximum atomic E-state index is 12.8. The first-order chi connectivity index (χ1) is 14.1. The fourth-order valence-electron chi connectivity index (χ4n) is 3.09. The Morgan fingerprint density at radius 1 is 1.24 bits per heavy atom. The minimum Gasteiger partial charge on any atom is -0.493 e. The summed E-state index contributed by atoms with van der Waals surface area (Å²) < 4.78 is 12.2. The van der Waals surface area contributed by atoms with E-state index in [1.165, 1.54) is 15.9 Å². The highest BCUT2D eigenvalue weighted by molar-refractivity contribution is 7.14. The van der Waals surface area contributed by atoms with Crippen molar-refractivity contribution in [3.8, 4) is 17.0 Å². The number of ether oxygens (including phenoxy) is 1. The van der Waals surface area contributed by atoms with Gasteiger partial charge in [-0.2, -0.15) is 0 Å². The smallest absolute Gasteiger partial charge is 0.420 e. The molecule has 0 saturated carbocycles. The van der Waals surface area contributed by atoms with Crippen molar-refractivity contribution in [2.45, 2.75) is 19.9 Å². The molecule has 1 unspecified atom stereocenters. The van der Waals surface area contributed by atoms with E-state index in [0.29, 0.717) is 28.5 Å². The van der Waals surface area contributed by atoms with Gasteiger partial charge in [-0.25, -0.2) is 9.78 Å². The second-order valence-corrected chi connectivity index (χ2v) is 7.20. The molecule has 29 heavy (non-hydrogen) atoms. The van der Waals surface area contributed by atoms with Crippen LogP contribution in [0.15, 0.2) is 63.1 Å². The Morgan fingerprint density at radius 3 is 2.83 bits per heavy atom. The van der Waals surface area contributed by atoms with Crippen LogP contribution in [0.1, 0.15) is 19.9 Å². The number of hydrogen-bond donors (Lipinski definition) is 1. The third-order valence-corrected chi connectivity index (χ3v) is 5.24. The SMILES string of the molecule is CCOc1ccccc1-c1csc(NC(=O)C(C)n2c(=O)oc3ccccc32)n1. The van der Waals surface area contributed by atoms with Crippen LogP contribution in [0.5, 0.6) is 5.75 Å². The number of nitrogens with one attached hydrogen (secondary N) is 1. The maximum absolute atomic E-state index is 12.8. The number of nitrogens with zero attached hydrogens (tertiary/aromatic N) is 2. The molecular weight excluding hydrogens is 390 g/mol. The summed E-state index contributed by atoms with van der Waals surface area (Å²) in [6.07, 6.45) is 0. The maximum Gasteiger partial charge on any atom is 0.420 e. The van der Waals surface area contributed by atoms with Crippen molar-refractivity contribution in [2.24, 2.45) is 0 Å². The first kappa shape index (κ1) is 18.9. The van der Waals surface area contributed by atoms with Crippen LogP contribution in [0.3, 0.4) is 0 Å². The van der Waals surface area contributed by atoms with Crippen LogP contribution in [0, 0.1) is 0 Å². The number of hydrogen-bond acceptors (Lipinski definition) is 6. The van der Waals surface area contributed by atoms with E-state index in [4.69, 9.17) is 9.15 Å². The topological polar surface area (TPSA) is 86.4 Å². The lowest BCUT2D eigenvalue weighted by atomic mass is 10.1. The van der Waals surface area contributed by atoms with Gasteiger partial charge in [0.1, 0.15) is 11.8 Å². The molecule has 148 valence electrons. The van der Waals surface area contributed by atoms with E-state index in [0.717, 1.165) is 11.3 Å². The normalized spacial score (nSPS) is 12.1. The van der Waals surface area contributed by atoms with E-state index in [1.54, 1.807) is 31.2 Å². The molecule has 0 aliphatic heterocycles. The van der Waals surface area contributed by atoms with E-state index < -0.39 is 11.8 Å². The molecule has 1 atom stereocenters. The zero-order valence-corrected chi connectivity index (χ0v) is 16.7. The summed E-state index contributed by atoms with van der Waals surface area (Å²) in [6.45, 7) is 4.12. The summed E-state index contributed by atoms with van der Waals surface area (Å²) in [5.74, 6) is -0.181. The number of aromatic nitrogens is 2. The van der Waals surface area contributed by atoms with Crippen molar-refractivity contribution in [1.82, 2.24) is 9.55 Å². The minimum atomic E-state index is -0.755. The number of carbonyl (C=O) groups excluding carboxylic acids is 1. The second kappa shape index (κ2) is 7.92. The molecule has 0 aliphatic carbocycles. The molecule has 1 amide bonds. The fourth-order valence-corrected chi connectivity index (χ4v) is 3.81. The Bertz CT molecular complexity index is 1220. The van der Waals surface area contributed by atoms with Gasteiger partial charge in [0.2, 0.25) is 5.91 Å². The van der Waals surface area contributed by atoms with Crippen LogP contribution >= 0.6 is 11.3 Å². The van der Waals surface area contributed by atoms with Gasteiger partial charge in [0.25, 0.3) is 0 Å². The highest BCUT2D eigenvalue weighted by atomic mass is 32.1. The number of anilines is 1. The Balaban J connectivity index is 1.57. The highest BCUT2D eigenvalue weighted by Gasteiger charge is 2.22. The Morgan fingerprint density at radius 2 is 2.00 bits per heavy atom. The first-order valence-electron chi connectivity index (χ1n) is 9.17. The molecule has 1 N–H and O–H groups in total. The standard InChI is InChI=1S/C21H19N3O4S/c1-3-27-17-10-6-4-8-14(17)15-12-29-20(22-15)23-19(25)13(2)24-16-9-5-7-11-18(16)28-21(24)26/h4-13H,3H2,1-2H3,(H,22,23,25). The predicted octanol–water partition coefficient (Wildman–Crippen LogP) is 4.32. The molecule has 0 bridgehead atoms. The van der Waals surface area contributed by atoms with Gasteiger partial charge in [0.05, 0.1) is 17.8 Å². The minimum absolute atomic E-state index is 0.349. The summed E-state index contributed by atoms with van der Waals surface area (Å²) >= 11 is 1.31. The molecule has 2 aromatic carbocycles. The van der Waals surface area contributed by atoms with Gasteiger partial charge >= 0.3 is 5.76 Å². The monoisotopic (exact) mass is 409 g/mol. The van der Waals surface area contributed by atoms with Crippen molar-refractivity contribution in [1.29, 1.82) is 0 Å². The number of rotatable bonds is 6. The van der Waals surface area contributed by atoms with Crippen LogP contribution in [0.25, 0.3) is 22.4 Å². The lowest BCUT2D eigenvalue weighted by Crippen LogP contribution is -2.29. The number of amides is 1. The summed E-state index contributed by atoms with van der Waals surface area (Å²) in [4.78, 5) is 29.5. The Hall–Kier alpha value is -3.39. The van der Waals surface area contributed by atoms with E-state index in [1.807, 2.05) is 36.6 Å². The average molecular weight is 409 g/mol. The quantitative estimate of drug-likeness (QED) is 0.513. The molecule has 0 fully saturated rings. The number of fused-ring (bicyclic) bond motifs is 1. The van der Waals surface area contributed by atoms with E-state index in [2.05, 4.69) is 10.3 Å². The van der Waals surface area contributed by atoms with Gasteiger partial charge in [0, 0.05) is 10.9 Å². The molecule has 0 aliphatic rings. The molecular formula is C21H19N3O4S. The number of carbonyl (C=O) groups is 1. The van der Waals surface area contributed by atoms with E-state index in [9.17, 15) is 9.59 Å². The molecule has 4 rings (SSSR count).